The summed E-state index contributed by atoms with van der Waals surface area (Å²) in [5.41, 5.74) is 2.05. The standard InChI is InChI=1S/C17H16O2/c1-4-15(13-8-6-5-7-9-13)16-11-10-14(18-2)12-17(16)19-3/h1,5-12,15H,2-3H3. The average molecular weight is 252 g/mol. The lowest BCUT2D eigenvalue weighted by Crippen LogP contribution is -2.01. The molecule has 2 aromatic carbocycles. The van der Waals surface area contributed by atoms with Gasteiger partial charge in [-0.15, -0.1) is 6.42 Å². The number of methoxy groups -OCH3 is 2. The van der Waals surface area contributed by atoms with E-state index in [9.17, 15) is 0 Å². The fraction of sp³-hybridized carbons (Fsp3) is 0.176. The second-order valence-electron chi connectivity index (χ2n) is 4.12. The predicted octanol–water partition coefficient (Wildman–Crippen LogP) is 3.47. The Kier molecular flexibility index (Phi) is 4.10. The molecule has 0 saturated carbocycles. The summed E-state index contributed by atoms with van der Waals surface area (Å²) in [5, 5.41) is 0. The minimum absolute atomic E-state index is 0.123. The van der Waals surface area contributed by atoms with Crippen molar-refractivity contribution >= 4 is 0 Å². The molecule has 0 spiro atoms. The van der Waals surface area contributed by atoms with Gasteiger partial charge in [-0.05, 0) is 11.6 Å². The molecule has 19 heavy (non-hydrogen) atoms. The Morgan fingerprint density at radius 3 is 2.32 bits per heavy atom. The van der Waals surface area contributed by atoms with Crippen LogP contribution < -0.4 is 9.47 Å². The predicted molar refractivity (Wildman–Crippen MR) is 76.7 cm³/mol. The second kappa shape index (κ2) is 5.97. The Bertz CT molecular complexity index is 582. The van der Waals surface area contributed by atoms with Crippen LogP contribution in [-0.4, -0.2) is 14.2 Å². The molecule has 96 valence electrons. The number of terminal acetylenes is 1. The highest BCUT2D eigenvalue weighted by Gasteiger charge is 2.16. The number of hydrogen-bond acceptors (Lipinski definition) is 2. The van der Waals surface area contributed by atoms with Crippen molar-refractivity contribution in [1.29, 1.82) is 0 Å². The first-order valence-corrected chi connectivity index (χ1v) is 6.03. The van der Waals surface area contributed by atoms with Gasteiger partial charge in [-0.2, -0.15) is 0 Å². The first kappa shape index (κ1) is 13.0. The topological polar surface area (TPSA) is 18.5 Å². The summed E-state index contributed by atoms with van der Waals surface area (Å²) in [6.45, 7) is 0. The zero-order valence-corrected chi connectivity index (χ0v) is 11.1. The molecule has 2 nitrogen and oxygen atoms in total. The van der Waals surface area contributed by atoms with Gasteiger partial charge in [0, 0.05) is 11.6 Å². The summed E-state index contributed by atoms with van der Waals surface area (Å²) in [5.74, 6) is 4.20. The second-order valence-corrected chi connectivity index (χ2v) is 4.12. The van der Waals surface area contributed by atoms with Crippen molar-refractivity contribution in [2.75, 3.05) is 14.2 Å². The van der Waals surface area contributed by atoms with Crippen LogP contribution in [0.4, 0.5) is 0 Å². The summed E-state index contributed by atoms with van der Waals surface area (Å²) < 4.78 is 10.6. The molecule has 2 heteroatoms. The van der Waals surface area contributed by atoms with E-state index >= 15 is 0 Å². The molecule has 0 amide bonds. The smallest absolute Gasteiger partial charge is 0.127 e. The minimum Gasteiger partial charge on any atom is -0.497 e. The lowest BCUT2D eigenvalue weighted by molar-refractivity contribution is 0.391. The van der Waals surface area contributed by atoms with Crippen LogP contribution in [0.1, 0.15) is 17.0 Å². The molecule has 0 N–H and O–H groups in total. The Morgan fingerprint density at radius 2 is 1.74 bits per heavy atom. The maximum Gasteiger partial charge on any atom is 0.127 e. The van der Waals surface area contributed by atoms with Crippen molar-refractivity contribution < 1.29 is 9.47 Å². The SMILES string of the molecule is C#CC(c1ccccc1)c1ccc(OC)cc1OC. The normalized spacial score (nSPS) is 11.4. The fourth-order valence-corrected chi connectivity index (χ4v) is 2.07. The van der Waals surface area contributed by atoms with Crippen molar-refractivity contribution in [3.05, 3.63) is 59.7 Å². The molecule has 0 fully saturated rings. The maximum absolute atomic E-state index is 5.69. The molecule has 0 aliphatic heterocycles. The largest absolute Gasteiger partial charge is 0.497 e. The van der Waals surface area contributed by atoms with Gasteiger partial charge in [-0.1, -0.05) is 42.3 Å². The molecule has 0 heterocycles. The molecule has 0 bridgehead atoms. The van der Waals surface area contributed by atoms with Gasteiger partial charge < -0.3 is 9.47 Å². The summed E-state index contributed by atoms with van der Waals surface area (Å²) in [6.07, 6.45) is 5.69. The number of hydrogen-bond donors (Lipinski definition) is 0. The van der Waals surface area contributed by atoms with E-state index in [0.717, 1.165) is 22.6 Å². The Hall–Kier alpha value is -2.40. The Labute approximate surface area is 114 Å². The minimum atomic E-state index is -0.123. The Balaban J connectivity index is 2.47. The van der Waals surface area contributed by atoms with Crippen molar-refractivity contribution in [3.63, 3.8) is 0 Å². The number of benzene rings is 2. The van der Waals surface area contributed by atoms with Crippen molar-refractivity contribution in [2.45, 2.75) is 5.92 Å². The average Bonchev–Trinajstić information content (AvgIpc) is 2.49. The van der Waals surface area contributed by atoms with Gasteiger partial charge in [-0.25, -0.2) is 0 Å². The molecule has 0 aliphatic rings. The van der Waals surface area contributed by atoms with E-state index in [-0.39, 0.29) is 5.92 Å². The third-order valence-electron chi connectivity index (χ3n) is 3.05. The molecule has 1 unspecified atom stereocenters. The van der Waals surface area contributed by atoms with E-state index in [4.69, 9.17) is 15.9 Å². The molecule has 0 saturated heterocycles. The van der Waals surface area contributed by atoms with Crippen LogP contribution in [-0.2, 0) is 0 Å². The van der Waals surface area contributed by atoms with E-state index in [1.165, 1.54) is 0 Å². The summed E-state index contributed by atoms with van der Waals surface area (Å²) >= 11 is 0. The monoisotopic (exact) mass is 252 g/mol. The van der Waals surface area contributed by atoms with Crippen LogP contribution in [0.3, 0.4) is 0 Å². The van der Waals surface area contributed by atoms with Gasteiger partial charge in [0.25, 0.3) is 0 Å². The van der Waals surface area contributed by atoms with Gasteiger partial charge in [0.2, 0.25) is 0 Å². The van der Waals surface area contributed by atoms with Crippen LogP contribution in [0.25, 0.3) is 0 Å². The van der Waals surface area contributed by atoms with Gasteiger partial charge in [-0.3, -0.25) is 0 Å². The molecular formula is C17H16O2. The molecule has 0 radical (unpaired) electrons. The summed E-state index contributed by atoms with van der Waals surface area (Å²) in [4.78, 5) is 0. The van der Waals surface area contributed by atoms with Gasteiger partial charge in [0.15, 0.2) is 0 Å². The van der Waals surface area contributed by atoms with Gasteiger partial charge in [0.05, 0.1) is 20.1 Å². The van der Waals surface area contributed by atoms with Crippen LogP contribution >= 0.6 is 0 Å². The maximum atomic E-state index is 5.69. The van der Waals surface area contributed by atoms with E-state index in [1.54, 1.807) is 14.2 Å². The van der Waals surface area contributed by atoms with Gasteiger partial charge >= 0.3 is 0 Å². The highest BCUT2D eigenvalue weighted by molar-refractivity contribution is 5.49. The number of rotatable bonds is 4. The quantitative estimate of drug-likeness (QED) is 0.776. The molecule has 1 atom stereocenters. The van der Waals surface area contributed by atoms with Crippen molar-refractivity contribution in [2.24, 2.45) is 0 Å². The molecule has 0 aliphatic carbocycles. The highest BCUT2D eigenvalue weighted by Crippen LogP contribution is 2.33. The molecule has 0 aromatic heterocycles. The first-order chi connectivity index (χ1) is 9.30. The van der Waals surface area contributed by atoms with Crippen LogP contribution in [0, 0.1) is 12.3 Å². The molecule has 2 rings (SSSR count). The fourth-order valence-electron chi connectivity index (χ4n) is 2.07. The van der Waals surface area contributed by atoms with Crippen LogP contribution in [0.5, 0.6) is 11.5 Å². The van der Waals surface area contributed by atoms with Crippen molar-refractivity contribution in [3.8, 4) is 23.8 Å². The van der Waals surface area contributed by atoms with E-state index in [0.29, 0.717) is 0 Å². The first-order valence-electron chi connectivity index (χ1n) is 6.03. The van der Waals surface area contributed by atoms with Crippen molar-refractivity contribution in [1.82, 2.24) is 0 Å². The highest BCUT2D eigenvalue weighted by atomic mass is 16.5. The third-order valence-corrected chi connectivity index (χ3v) is 3.05. The van der Waals surface area contributed by atoms with E-state index in [1.807, 2.05) is 48.5 Å². The zero-order valence-electron chi connectivity index (χ0n) is 11.1. The van der Waals surface area contributed by atoms with Crippen LogP contribution in [0.2, 0.25) is 0 Å². The summed E-state index contributed by atoms with van der Waals surface area (Å²) in [6, 6.07) is 15.7. The lowest BCUT2D eigenvalue weighted by atomic mass is 9.91. The lowest BCUT2D eigenvalue weighted by Gasteiger charge is -2.16. The summed E-state index contributed by atoms with van der Waals surface area (Å²) in [7, 11) is 3.27. The third kappa shape index (κ3) is 2.71. The van der Waals surface area contributed by atoms with Gasteiger partial charge in [0.1, 0.15) is 11.5 Å². The van der Waals surface area contributed by atoms with Crippen LogP contribution in [0.15, 0.2) is 48.5 Å². The Morgan fingerprint density at radius 1 is 1.00 bits per heavy atom. The van der Waals surface area contributed by atoms with E-state index < -0.39 is 0 Å². The molecular weight excluding hydrogens is 236 g/mol. The number of ether oxygens (including phenoxy) is 2. The zero-order chi connectivity index (χ0) is 13.7. The van der Waals surface area contributed by atoms with E-state index in [2.05, 4.69) is 5.92 Å². The molecule has 2 aromatic rings.